The summed E-state index contributed by atoms with van der Waals surface area (Å²) in [5, 5.41) is 2.80. The van der Waals surface area contributed by atoms with Gasteiger partial charge in [0.25, 0.3) is 0 Å². The maximum absolute atomic E-state index is 12.9. The van der Waals surface area contributed by atoms with Gasteiger partial charge in [-0.3, -0.25) is 9.69 Å². The Hall–Kier alpha value is -1.84. The van der Waals surface area contributed by atoms with Crippen molar-refractivity contribution in [1.29, 1.82) is 0 Å². The van der Waals surface area contributed by atoms with Crippen LogP contribution in [0.2, 0.25) is 0 Å². The van der Waals surface area contributed by atoms with Crippen molar-refractivity contribution in [1.82, 2.24) is 14.5 Å². The van der Waals surface area contributed by atoms with Crippen molar-refractivity contribution < 1.29 is 22.7 Å². The SMILES string of the molecule is CCNC(=O)[C@H](C)N1CCN(S(=O)(=O)c2ccc3c(c2)OCCO3)CC1. The minimum absolute atomic E-state index is 0.0318. The Kier molecular flexibility index (Phi) is 5.69. The average Bonchev–Trinajstić information content (AvgIpc) is 2.67. The highest BCUT2D eigenvalue weighted by molar-refractivity contribution is 7.89. The molecule has 0 spiro atoms. The van der Waals surface area contributed by atoms with Gasteiger partial charge in [0.05, 0.1) is 10.9 Å². The lowest BCUT2D eigenvalue weighted by Gasteiger charge is -2.36. The van der Waals surface area contributed by atoms with Gasteiger partial charge in [0, 0.05) is 38.8 Å². The second kappa shape index (κ2) is 7.81. The molecule has 8 nitrogen and oxygen atoms in total. The lowest BCUT2D eigenvalue weighted by atomic mass is 10.2. The summed E-state index contributed by atoms with van der Waals surface area (Å²) in [6, 6.07) is 4.43. The molecular weight excluding hydrogens is 358 g/mol. The smallest absolute Gasteiger partial charge is 0.243 e. The first kappa shape index (κ1) is 18.9. The molecule has 1 amide bonds. The third-order valence-corrected chi connectivity index (χ3v) is 6.60. The number of sulfonamides is 1. The van der Waals surface area contributed by atoms with Crippen molar-refractivity contribution in [2.45, 2.75) is 24.8 Å². The quantitative estimate of drug-likeness (QED) is 0.786. The lowest BCUT2D eigenvalue weighted by Crippen LogP contribution is -2.54. The summed E-state index contributed by atoms with van der Waals surface area (Å²) in [6.45, 7) is 6.91. The molecule has 0 unspecified atom stereocenters. The van der Waals surface area contributed by atoms with Crippen molar-refractivity contribution in [2.24, 2.45) is 0 Å². The molecule has 2 aliphatic rings. The van der Waals surface area contributed by atoms with Crippen LogP contribution in [0.25, 0.3) is 0 Å². The number of hydrogen-bond donors (Lipinski definition) is 1. The number of hydrogen-bond acceptors (Lipinski definition) is 6. The Morgan fingerprint density at radius 2 is 1.81 bits per heavy atom. The number of carbonyl (C=O) groups excluding carboxylic acids is 1. The first-order valence-electron chi connectivity index (χ1n) is 8.85. The van der Waals surface area contributed by atoms with Crippen molar-refractivity contribution in [2.75, 3.05) is 45.9 Å². The normalized spacial score (nSPS) is 19.8. The molecule has 0 bridgehead atoms. The number of rotatable bonds is 5. The molecule has 1 atom stereocenters. The zero-order valence-corrected chi connectivity index (χ0v) is 15.9. The Balaban J connectivity index is 1.67. The van der Waals surface area contributed by atoms with Crippen LogP contribution in [0.1, 0.15) is 13.8 Å². The summed E-state index contributed by atoms with van der Waals surface area (Å²) in [5.41, 5.74) is 0. The fraction of sp³-hybridized carbons (Fsp3) is 0.588. The highest BCUT2D eigenvalue weighted by Crippen LogP contribution is 2.33. The number of carbonyl (C=O) groups is 1. The van der Waals surface area contributed by atoms with Crippen LogP contribution < -0.4 is 14.8 Å². The van der Waals surface area contributed by atoms with Gasteiger partial charge >= 0.3 is 0 Å². The zero-order valence-electron chi connectivity index (χ0n) is 15.1. The van der Waals surface area contributed by atoms with E-state index in [1.165, 1.54) is 10.4 Å². The highest BCUT2D eigenvalue weighted by Gasteiger charge is 2.32. The maximum atomic E-state index is 12.9. The summed E-state index contributed by atoms with van der Waals surface area (Å²) in [7, 11) is -3.60. The van der Waals surface area contributed by atoms with E-state index in [2.05, 4.69) is 5.32 Å². The summed E-state index contributed by atoms with van der Waals surface area (Å²) in [4.78, 5) is 14.2. The topological polar surface area (TPSA) is 88.2 Å². The van der Waals surface area contributed by atoms with E-state index in [-0.39, 0.29) is 16.8 Å². The highest BCUT2D eigenvalue weighted by atomic mass is 32.2. The molecule has 0 radical (unpaired) electrons. The van der Waals surface area contributed by atoms with Gasteiger partial charge in [-0.1, -0.05) is 0 Å². The van der Waals surface area contributed by atoms with Crippen molar-refractivity contribution in [3.8, 4) is 11.5 Å². The maximum Gasteiger partial charge on any atom is 0.243 e. The molecule has 1 N–H and O–H groups in total. The number of ether oxygens (including phenoxy) is 2. The lowest BCUT2D eigenvalue weighted by molar-refractivity contribution is -0.126. The monoisotopic (exact) mass is 383 g/mol. The van der Waals surface area contributed by atoms with Gasteiger partial charge in [0.15, 0.2) is 11.5 Å². The van der Waals surface area contributed by atoms with Crippen molar-refractivity contribution >= 4 is 15.9 Å². The molecule has 1 aromatic rings. The van der Waals surface area contributed by atoms with Gasteiger partial charge in [-0.15, -0.1) is 0 Å². The predicted molar refractivity (Wildman–Crippen MR) is 95.9 cm³/mol. The standard InChI is InChI=1S/C17H25N3O5S/c1-3-18-17(21)13(2)19-6-8-20(9-7-19)26(22,23)14-4-5-15-16(12-14)25-11-10-24-15/h4-5,12-13H,3,6-11H2,1-2H3,(H,18,21)/t13-/m0/s1. The molecule has 3 rings (SSSR count). The minimum Gasteiger partial charge on any atom is -0.486 e. The van der Waals surface area contributed by atoms with Crippen LogP contribution >= 0.6 is 0 Å². The van der Waals surface area contributed by atoms with E-state index in [0.717, 1.165) is 0 Å². The fourth-order valence-electron chi connectivity index (χ4n) is 3.15. The summed E-state index contributed by atoms with van der Waals surface area (Å²) in [5.74, 6) is 0.993. The largest absolute Gasteiger partial charge is 0.486 e. The van der Waals surface area contributed by atoms with Crippen LogP contribution in [0.5, 0.6) is 11.5 Å². The zero-order chi connectivity index (χ0) is 18.7. The third kappa shape index (κ3) is 3.79. The second-order valence-electron chi connectivity index (χ2n) is 6.32. The number of benzene rings is 1. The molecule has 0 aromatic heterocycles. The van der Waals surface area contributed by atoms with Gasteiger partial charge < -0.3 is 14.8 Å². The predicted octanol–water partition coefficient (Wildman–Crippen LogP) is 0.289. The van der Waals surface area contributed by atoms with Crippen LogP contribution in [0.4, 0.5) is 0 Å². The molecule has 9 heteroatoms. The van der Waals surface area contributed by atoms with Gasteiger partial charge in [0.1, 0.15) is 13.2 Å². The Morgan fingerprint density at radius 1 is 1.15 bits per heavy atom. The molecular formula is C17H25N3O5S. The molecule has 1 aromatic carbocycles. The molecule has 1 saturated heterocycles. The molecule has 0 aliphatic carbocycles. The van der Waals surface area contributed by atoms with Crippen molar-refractivity contribution in [3.05, 3.63) is 18.2 Å². The fourth-order valence-corrected chi connectivity index (χ4v) is 4.59. The van der Waals surface area contributed by atoms with Crippen LogP contribution in [0, 0.1) is 0 Å². The molecule has 26 heavy (non-hydrogen) atoms. The van der Waals surface area contributed by atoms with Crippen molar-refractivity contribution in [3.63, 3.8) is 0 Å². The first-order valence-corrected chi connectivity index (χ1v) is 10.3. The molecule has 0 saturated carbocycles. The van der Waals surface area contributed by atoms with Crippen LogP contribution in [-0.2, 0) is 14.8 Å². The molecule has 2 heterocycles. The second-order valence-corrected chi connectivity index (χ2v) is 8.25. The van der Waals surface area contributed by atoms with Gasteiger partial charge in [-0.25, -0.2) is 8.42 Å². The van der Waals surface area contributed by atoms with E-state index >= 15 is 0 Å². The van der Waals surface area contributed by atoms with E-state index in [9.17, 15) is 13.2 Å². The first-order chi connectivity index (χ1) is 12.4. The van der Waals surface area contributed by atoms with E-state index in [1.54, 1.807) is 12.1 Å². The van der Waals surface area contributed by atoms with Crippen LogP contribution in [-0.4, -0.2) is 75.5 Å². The molecule has 2 aliphatic heterocycles. The summed E-state index contributed by atoms with van der Waals surface area (Å²) < 4.78 is 38.2. The van der Waals surface area contributed by atoms with Gasteiger partial charge in [-0.05, 0) is 26.0 Å². The minimum atomic E-state index is -3.60. The van der Waals surface area contributed by atoms with E-state index in [0.29, 0.717) is 57.4 Å². The Bertz CT molecular complexity index is 760. The van der Waals surface area contributed by atoms with E-state index in [4.69, 9.17) is 9.47 Å². The number of nitrogens with zero attached hydrogens (tertiary/aromatic N) is 2. The van der Waals surface area contributed by atoms with E-state index in [1.807, 2.05) is 18.7 Å². The van der Waals surface area contributed by atoms with Crippen LogP contribution in [0.15, 0.2) is 23.1 Å². The van der Waals surface area contributed by atoms with E-state index < -0.39 is 10.0 Å². The van der Waals surface area contributed by atoms with Crippen LogP contribution in [0.3, 0.4) is 0 Å². The molecule has 144 valence electrons. The summed E-state index contributed by atoms with van der Waals surface area (Å²) in [6.07, 6.45) is 0. The number of piperazine rings is 1. The number of fused-ring (bicyclic) bond motifs is 1. The number of amides is 1. The third-order valence-electron chi connectivity index (χ3n) is 4.70. The average molecular weight is 383 g/mol. The molecule has 1 fully saturated rings. The Morgan fingerprint density at radius 3 is 2.46 bits per heavy atom. The number of nitrogens with one attached hydrogen (secondary N) is 1. The van der Waals surface area contributed by atoms with Gasteiger partial charge in [-0.2, -0.15) is 4.31 Å². The Labute approximate surface area is 154 Å². The van der Waals surface area contributed by atoms with Gasteiger partial charge in [0.2, 0.25) is 15.9 Å². The summed E-state index contributed by atoms with van der Waals surface area (Å²) >= 11 is 0. The number of likely N-dealkylation sites (N-methyl/N-ethyl adjacent to an activating group) is 1.